The monoisotopic (exact) mass is 925 g/mol. The number of aliphatic carboxylic acids is 1. The fourth-order valence-electron chi connectivity index (χ4n) is 7.09. The third-order valence-corrected chi connectivity index (χ3v) is 11.3. The molecule has 13 nitrogen and oxygen atoms in total. The first kappa shape index (κ1) is 46.9. The van der Waals surface area contributed by atoms with Crippen LogP contribution < -0.4 is 24.3 Å². The fraction of sp³-hybridized carbons (Fsp3) is 0.395. The van der Waals surface area contributed by atoms with Gasteiger partial charge in [-0.1, -0.05) is 41.4 Å². The van der Waals surface area contributed by atoms with Gasteiger partial charge in [0.15, 0.2) is 29.9 Å². The van der Waals surface area contributed by atoms with Gasteiger partial charge in [0.2, 0.25) is 0 Å². The molecule has 4 fully saturated rings. The number of halogens is 7. The summed E-state index contributed by atoms with van der Waals surface area (Å²) in [7, 11) is 1.55. The molecule has 4 aromatic rings. The molecule has 8 rings (SSSR count). The Morgan fingerprint density at radius 2 is 1.60 bits per heavy atom. The molecule has 2 N–H and O–H groups in total. The lowest BCUT2D eigenvalue weighted by Gasteiger charge is -2.44. The lowest BCUT2D eigenvalue weighted by molar-refractivity contribution is -0.605. The number of carbonyl (C=O) groups excluding carboxylic acids is 2. The van der Waals surface area contributed by atoms with E-state index in [2.05, 4.69) is 10.2 Å². The van der Waals surface area contributed by atoms with Crippen LogP contribution in [0.2, 0.25) is 10.0 Å². The van der Waals surface area contributed by atoms with Crippen LogP contribution in [-0.4, -0.2) is 80.2 Å². The molecule has 0 amide bonds. The van der Waals surface area contributed by atoms with Gasteiger partial charge in [0, 0.05) is 24.2 Å². The maximum Gasteiger partial charge on any atom is 0.490 e. The molecule has 1 saturated carbocycles. The van der Waals surface area contributed by atoms with Crippen molar-refractivity contribution < 1.29 is 69.9 Å². The second kappa shape index (κ2) is 20.7. The molecule has 4 aliphatic rings. The van der Waals surface area contributed by atoms with Crippen LogP contribution in [-0.2, 0) is 25.5 Å². The number of esters is 2. The van der Waals surface area contributed by atoms with Gasteiger partial charge in [0.25, 0.3) is 0 Å². The Morgan fingerprint density at radius 3 is 2.17 bits per heavy atom. The maximum absolute atomic E-state index is 13.8. The largest absolute Gasteiger partial charge is 0.619 e. The highest BCUT2D eigenvalue weighted by molar-refractivity contribution is 6.35. The van der Waals surface area contributed by atoms with Crippen LogP contribution >= 0.6 is 23.2 Å². The van der Waals surface area contributed by atoms with Crippen molar-refractivity contribution in [2.45, 2.75) is 63.1 Å². The van der Waals surface area contributed by atoms with Crippen LogP contribution in [0.15, 0.2) is 79.1 Å². The van der Waals surface area contributed by atoms with Gasteiger partial charge in [-0.2, -0.15) is 26.7 Å². The molecule has 63 heavy (non-hydrogen) atoms. The number of aromatic nitrogens is 1. The number of pyridine rings is 1. The van der Waals surface area contributed by atoms with Gasteiger partial charge in [-0.05, 0) is 110 Å². The predicted octanol–water partition coefficient (Wildman–Crippen LogP) is 8.59. The van der Waals surface area contributed by atoms with E-state index in [0.717, 1.165) is 51.2 Å². The predicted molar refractivity (Wildman–Crippen MR) is 217 cm³/mol. The molecular weight excluding hydrogens is 884 g/mol. The van der Waals surface area contributed by atoms with Crippen molar-refractivity contribution in [3.8, 4) is 17.2 Å². The number of carboxylic acids is 1. The molecule has 1 aromatic heterocycles. The number of nitrogens with one attached hydrogen (secondary N) is 1. The number of hydrogen-bond acceptors (Lipinski definition) is 11. The first-order chi connectivity index (χ1) is 30.0. The van der Waals surface area contributed by atoms with Crippen molar-refractivity contribution in [2.75, 3.05) is 38.7 Å². The summed E-state index contributed by atoms with van der Waals surface area (Å²) in [6.45, 7) is -0.0386. The maximum atomic E-state index is 13.8. The average Bonchev–Trinajstić information content (AvgIpc) is 4.08. The van der Waals surface area contributed by atoms with Crippen LogP contribution in [0.3, 0.4) is 0 Å². The summed E-state index contributed by atoms with van der Waals surface area (Å²) in [4.78, 5) is 38.8. The Kier molecular flexibility index (Phi) is 15.4. The van der Waals surface area contributed by atoms with Gasteiger partial charge in [-0.15, -0.1) is 0 Å². The summed E-state index contributed by atoms with van der Waals surface area (Å²) >= 11 is 12.8. The Labute approximate surface area is 368 Å². The van der Waals surface area contributed by atoms with E-state index < -0.39 is 42.8 Å². The van der Waals surface area contributed by atoms with E-state index in [1.807, 2.05) is 6.07 Å². The third kappa shape index (κ3) is 13.0. The highest BCUT2D eigenvalue weighted by Crippen LogP contribution is 2.39. The normalized spacial score (nSPS) is 18.9. The van der Waals surface area contributed by atoms with Crippen molar-refractivity contribution in [1.82, 2.24) is 4.90 Å². The molecule has 0 radical (unpaired) electrons. The van der Waals surface area contributed by atoms with Crippen LogP contribution in [0.5, 0.6) is 17.2 Å². The van der Waals surface area contributed by atoms with E-state index in [4.69, 9.17) is 56.8 Å². The summed E-state index contributed by atoms with van der Waals surface area (Å²) < 4.78 is 86.9. The molecule has 3 saturated heterocycles. The number of piperidine rings is 3. The molecule has 2 bridgehead atoms. The summed E-state index contributed by atoms with van der Waals surface area (Å²) in [5, 5.41) is 22.5. The van der Waals surface area contributed by atoms with Gasteiger partial charge < -0.3 is 39.3 Å². The number of rotatable bonds is 16. The minimum Gasteiger partial charge on any atom is -0.619 e. The number of anilines is 1. The van der Waals surface area contributed by atoms with Crippen molar-refractivity contribution in [1.29, 1.82) is 0 Å². The van der Waals surface area contributed by atoms with Crippen LogP contribution in [0.1, 0.15) is 64.9 Å². The van der Waals surface area contributed by atoms with Gasteiger partial charge in [0.05, 0.1) is 19.3 Å². The van der Waals surface area contributed by atoms with Gasteiger partial charge in [-0.25, -0.2) is 14.4 Å². The summed E-state index contributed by atoms with van der Waals surface area (Å²) in [5.74, 6) is -2.78. The lowest BCUT2D eigenvalue weighted by atomic mass is 9.86. The fourth-order valence-corrected chi connectivity index (χ4v) is 7.69. The smallest absolute Gasteiger partial charge is 0.490 e. The highest BCUT2D eigenvalue weighted by atomic mass is 35.5. The third-order valence-electron chi connectivity index (χ3n) is 10.6. The molecule has 3 aromatic carbocycles. The van der Waals surface area contributed by atoms with E-state index in [0.29, 0.717) is 57.8 Å². The number of fused-ring (bicyclic) bond motifs is 3. The Hall–Kier alpha value is -5.59. The Bertz CT molecular complexity index is 2220. The number of ether oxygens (including phenoxy) is 5. The van der Waals surface area contributed by atoms with Crippen LogP contribution in [0.4, 0.5) is 27.6 Å². The molecule has 3 atom stereocenters. The van der Waals surface area contributed by atoms with Gasteiger partial charge in [-0.3, -0.25) is 4.90 Å². The summed E-state index contributed by atoms with van der Waals surface area (Å²) in [6.07, 6.45) is -0.220. The Balaban J connectivity index is 0.000000871. The average molecular weight is 927 g/mol. The first-order valence-corrected chi connectivity index (χ1v) is 20.5. The van der Waals surface area contributed by atoms with Crippen molar-refractivity contribution in [2.24, 2.45) is 11.8 Å². The molecule has 20 heteroatoms. The highest BCUT2D eigenvalue weighted by Gasteiger charge is 2.39. The zero-order valence-electron chi connectivity index (χ0n) is 33.5. The first-order valence-electron chi connectivity index (χ1n) is 19.7. The van der Waals surface area contributed by atoms with E-state index >= 15 is 0 Å². The number of benzene rings is 3. The second-order valence-corrected chi connectivity index (χ2v) is 15.9. The van der Waals surface area contributed by atoms with Crippen LogP contribution in [0.25, 0.3) is 0 Å². The molecule has 1 unspecified atom stereocenters. The number of carboxylic acid groups (broad SMARTS) is 1. The molecule has 3 aliphatic heterocycles. The molecule has 1 aliphatic carbocycles. The zero-order valence-corrected chi connectivity index (χ0v) is 35.0. The van der Waals surface area contributed by atoms with Gasteiger partial charge in [0.1, 0.15) is 28.0 Å². The van der Waals surface area contributed by atoms with E-state index in [1.54, 1.807) is 49.6 Å². The van der Waals surface area contributed by atoms with Crippen molar-refractivity contribution in [3.05, 3.63) is 117 Å². The standard InChI is InChI=1S/C41H41Cl2F2N3O8.C2HF3O2/c1-52-30-4-2-3-28(17-30)38(40(50)55-37-22-47-15-13-25(37)14-16-47)46-29-10-7-26(8-11-29)39(49)54-35(19-31-32(42)20-48(51)21-33(31)43)27-9-12-34(56-41(44)45)36(18-27)53-23-24-5-6-24;3-2(4,5)1(6)7/h2-4,7-12,17-18,20-21,24-25,35,37-38,41,46H,5-6,13-16,19,22-23H2,1H3;(H,6,7)/t35-,37-,38?;/m0./s1. The summed E-state index contributed by atoms with van der Waals surface area (Å²) in [6, 6.07) is 17.0. The van der Waals surface area contributed by atoms with Crippen LogP contribution in [0, 0.1) is 17.0 Å². The summed E-state index contributed by atoms with van der Waals surface area (Å²) in [5.41, 5.74) is 2.09. The minimum absolute atomic E-state index is 0.0458. The molecule has 4 heterocycles. The zero-order chi connectivity index (χ0) is 45.4. The quantitative estimate of drug-likeness (QED) is 0.0478. The SMILES string of the molecule is COc1cccc(C(Nc2ccc(C(=O)O[C@@H](Cc3c(Cl)c[n+]([O-])cc3Cl)c3ccc(OC(F)F)c(OCC4CC4)c3)cc2)C(=O)O[C@H]2CN3CCC2CC3)c1.O=C(O)C(F)(F)F. The van der Waals surface area contributed by atoms with Gasteiger partial charge >= 0.3 is 30.7 Å². The molecule has 0 spiro atoms. The molecular formula is C43H42Cl2F5N3O10. The second-order valence-electron chi connectivity index (χ2n) is 15.1. The number of carbonyl (C=O) groups is 3. The van der Waals surface area contributed by atoms with E-state index in [1.165, 1.54) is 18.2 Å². The lowest BCUT2D eigenvalue weighted by Crippen LogP contribution is -2.52. The minimum atomic E-state index is -5.08. The number of nitrogens with zero attached hydrogens (tertiary/aromatic N) is 2. The Morgan fingerprint density at radius 1 is 0.937 bits per heavy atom. The van der Waals surface area contributed by atoms with E-state index in [-0.39, 0.29) is 39.6 Å². The molecule has 338 valence electrons. The topological polar surface area (TPSA) is 160 Å². The van der Waals surface area contributed by atoms with Crippen molar-refractivity contribution in [3.63, 3.8) is 0 Å². The number of alkyl halides is 5. The van der Waals surface area contributed by atoms with E-state index in [9.17, 15) is 36.7 Å². The number of methoxy groups -OCH3 is 1. The number of hydrogen-bond donors (Lipinski definition) is 2. The van der Waals surface area contributed by atoms with Crippen molar-refractivity contribution >= 4 is 46.8 Å².